The Morgan fingerprint density at radius 3 is 2.55 bits per heavy atom. The van der Waals surface area contributed by atoms with Crippen LogP contribution in [0, 0.1) is 5.82 Å². The summed E-state index contributed by atoms with van der Waals surface area (Å²) >= 11 is 0. The molecule has 0 bridgehead atoms. The second-order valence-corrected chi connectivity index (χ2v) is 6.92. The van der Waals surface area contributed by atoms with Gasteiger partial charge in [0.25, 0.3) is 11.5 Å². The van der Waals surface area contributed by atoms with Crippen LogP contribution in [0.2, 0.25) is 0 Å². The van der Waals surface area contributed by atoms with Gasteiger partial charge in [-0.2, -0.15) is 0 Å². The first kappa shape index (κ1) is 20.3. The van der Waals surface area contributed by atoms with Crippen LogP contribution in [0.15, 0.2) is 65.1 Å². The van der Waals surface area contributed by atoms with E-state index in [2.05, 4.69) is 10.4 Å². The molecule has 9 heteroatoms. The largest absolute Gasteiger partial charge is 0.378 e. The number of nitrogens with one attached hydrogen (secondary N) is 2. The van der Waals surface area contributed by atoms with Gasteiger partial charge in [0.1, 0.15) is 11.5 Å². The van der Waals surface area contributed by atoms with Crippen LogP contribution in [0.4, 0.5) is 9.18 Å². The van der Waals surface area contributed by atoms with Crippen molar-refractivity contribution in [2.45, 2.75) is 13.2 Å². The molecule has 2 aromatic carbocycles. The highest BCUT2D eigenvalue weighted by molar-refractivity contribution is 6.13. The van der Waals surface area contributed by atoms with E-state index in [9.17, 15) is 18.8 Å². The molecule has 0 atom stereocenters. The summed E-state index contributed by atoms with van der Waals surface area (Å²) in [6, 6.07) is 13.9. The lowest BCUT2D eigenvalue weighted by Crippen LogP contribution is -2.30. The van der Waals surface area contributed by atoms with Crippen molar-refractivity contribution in [1.29, 1.82) is 0 Å². The summed E-state index contributed by atoms with van der Waals surface area (Å²) in [6.45, 7) is 0.00933. The number of methoxy groups -OCH3 is 1. The van der Waals surface area contributed by atoms with Crippen LogP contribution in [-0.2, 0) is 22.7 Å². The van der Waals surface area contributed by atoms with E-state index < -0.39 is 23.3 Å². The molecule has 1 aliphatic rings. The number of carbonyl (C=O) groups is 2. The Bertz CT molecular complexity index is 1230. The zero-order valence-electron chi connectivity index (χ0n) is 16.6. The van der Waals surface area contributed by atoms with Gasteiger partial charge < -0.3 is 10.1 Å². The van der Waals surface area contributed by atoms with Gasteiger partial charge in [0.05, 0.1) is 30.1 Å². The van der Waals surface area contributed by atoms with Crippen molar-refractivity contribution < 1.29 is 18.7 Å². The number of para-hydroxylation sites is 1. The number of H-pyrrole nitrogens is 1. The lowest BCUT2D eigenvalue weighted by molar-refractivity contribution is -0.123. The topological polar surface area (TPSA) is 96.4 Å². The third-order valence-electron chi connectivity index (χ3n) is 4.79. The van der Waals surface area contributed by atoms with E-state index in [0.717, 1.165) is 4.90 Å². The molecule has 0 saturated carbocycles. The van der Waals surface area contributed by atoms with Crippen LogP contribution in [0.5, 0.6) is 0 Å². The van der Waals surface area contributed by atoms with E-state index in [4.69, 9.17) is 4.74 Å². The van der Waals surface area contributed by atoms with Crippen molar-refractivity contribution in [3.05, 3.63) is 93.3 Å². The minimum atomic E-state index is -0.646. The number of imide groups is 1. The van der Waals surface area contributed by atoms with E-state index in [1.54, 1.807) is 30.3 Å². The molecule has 2 heterocycles. The summed E-state index contributed by atoms with van der Waals surface area (Å²) in [5, 5.41) is 5.46. The molecule has 8 nitrogen and oxygen atoms in total. The second-order valence-electron chi connectivity index (χ2n) is 6.92. The maximum atomic E-state index is 13.4. The van der Waals surface area contributed by atoms with Gasteiger partial charge >= 0.3 is 6.03 Å². The molecule has 1 aliphatic heterocycles. The van der Waals surface area contributed by atoms with Gasteiger partial charge in [-0.15, -0.1) is 0 Å². The minimum absolute atomic E-state index is 0.0462. The molecule has 0 aliphatic carbocycles. The van der Waals surface area contributed by atoms with Gasteiger partial charge in [0.2, 0.25) is 0 Å². The molecule has 31 heavy (non-hydrogen) atoms. The fraction of sp³-hybridized carbons (Fsp3) is 0.136. The maximum Gasteiger partial charge on any atom is 0.329 e. The SMILES string of the molecule is COCc1[nH]n(-c2ccccc2)c(=O)c1C=C1NC(=O)N(Cc2cccc(F)c2)C1=O. The predicted octanol–water partition coefficient (Wildman–Crippen LogP) is 2.54. The smallest absolute Gasteiger partial charge is 0.329 e. The average Bonchev–Trinajstić information content (AvgIpc) is 3.20. The van der Waals surface area contributed by atoms with Crippen molar-refractivity contribution in [3.8, 4) is 5.69 Å². The Morgan fingerprint density at radius 2 is 1.84 bits per heavy atom. The quantitative estimate of drug-likeness (QED) is 0.471. The third-order valence-corrected chi connectivity index (χ3v) is 4.79. The highest BCUT2D eigenvalue weighted by Crippen LogP contribution is 2.18. The fourth-order valence-electron chi connectivity index (χ4n) is 3.34. The van der Waals surface area contributed by atoms with Crippen molar-refractivity contribution in [3.63, 3.8) is 0 Å². The number of hydrogen-bond acceptors (Lipinski definition) is 4. The monoisotopic (exact) mass is 422 g/mol. The summed E-state index contributed by atoms with van der Waals surface area (Å²) in [4.78, 5) is 39.1. The lowest BCUT2D eigenvalue weighted by Gasteiger charge is -2.11. The van der Waals surface area contributed by atoms with E-state index in [1.807, 2.05) is 6.07 Å². The maximum absolute atomic E-state index is 13.4. The molecule has 158 valence electrons. The molecular formula is C22H19FN4O4. The van der Waals surface area contributed by atoms with E-state index >= 15 is 0 Å². The molecule has 1 saturated heterocycles. The van der Waals surface area contributed by atoms with Crippen molar-refractivity contribution in [2.75, 3.05) is 7.11 Å². The number of aromatic amines is 1. The van der Waals surface area contributed by atoms with Crippen LogP contribution in [0.1, 0.15) is 16.8 Å². The molecule has 3 aromatic rings. The number of rotatable bonds is 6. The number of amides is 3. The standard InChI is InChI=1S/C22H19FN4O4/c1-31-13-19-17(20(28)27(25-19)16-8-3-2-4-9-16)11-18-21(29)26(22(30)24-18)12-14-6-5-7-15(23)10-14/h2-11,25H,12-13H2,1H3,(H,24,30). The van der Waals surface area contributed by atoms with E-state index in [0.29, 0.717) is 16.9 Å². The zero-order valence-corrected chi connectivity index (χ0v) is 16.6. The molecule has 1 aromatic heterocycles. The summed E-state index contributed by atoms with van der Waals surface area (Å²) in [5.41, 5.74) is 1.30. The lowest BCUT2D eigenvalue weighted by atomic mass is 10.2. The Kier molecular flexibility index (Phi) is 5.50. The number of ether oxygens (including phenoxy) is 1. The van der Waals surface area contributed by atoms with Gasteiger partial charge in [0, 0.05) is 7.11 Å². The van der Waals surface area contributed by atoms with Gasteiger partial charge in [-0.1, -0.05) is 30.3 Å². The second kappa shape index (κ2) is 8.41. The first-order chi connectivity index (χ1) is 15.0. The molecular weight excluding hydrogens is 403 g/mol. The Balaban J connectivity index is 1.68. The van der Waals surface area contributed by atoms with Gasteiger partial charge in [0.15, 0.2) is 0 Å². The normalized spacial score (nSPS) is 15.0. The van der Waals surface area contributed by atoms with Gasteiger partial charge in [-0.25, -0.2) is 13.9 Å². The van der Waals surface area contributed by atoms with Crippen molar-refractivity contribution in [1.82, 2.24) is 20.0 Å². The Morgan fingerprint density at radius 1 is 1.06 bits per heavy atom. The third kappa shape index (κ3) is 4.03. The van der Waals surface area contributed by atoms with Crippen LogP contribution >= 0.6 is 0 Å². The summed E-state index contributed by atoms with van der Waals surface area (Å²) in [5.74, 6) is -1.07. The molecule has 1 fully saturated rings. The summed E-state index contributed by atoms with van der Waals surface area (Å²) in [7, 11) is 1.48. The van der Waals surface area contributed by atoms with Crippen LogP contribution in [-0.4, -0.2) is 33.7 Å². The van der Waals surface area contributed by atoms with E-state index in [1.165, 1.54) is 36.1 Å². The number of urea groups is 1. The number of hydrogen-bond donors (Lipinski definition) is 2. The number of halogens is 1. The van der Waals surface area contributed by atoms with Crippen LogP contribution < -0.4 is 10.9 Å². The Hall–Kier alpha value is -3.98. The first-order valence-corrected chi connectivity index (χ1v) is 9.45. The number of aromatic nitrogens is 2. The predicted molar refractivity (Wildman–Crippen MR) is 111 cm³/mol. The number of nitrogens with zero attached hydrogens (tertiary/aromatic N) is 2. The van der Waals surface area contributed by atoms with Gasteiger partial charge in [-0.3, -0.25) is 19.6 Å². The molecule has 0 radical (unpaired) electrons. The van der Waals surface area contributed by atoms with Gasteiger partial charge in [-0.05, 0) is 35.9 Å². The fourth-order valence-corrected chi connectivity index (χ4v) is 3.34. The molecule has 2 N–H and O–H groups in total. The summed E-state index contributed by atoms with van der Waals surface area (Å²) < 4.78 is 19.9. The molecule has 3 amide bonds. The minimum Gasteiger partial charge on any atom is -0.378 e. The zero-order chi connectivity index (χ0) is 22.0. The molecule has 0 unspecified atom stereocenters. The van der Waals surface area contributed by atoms with E-state index in [-0.39, 0.29) is 24.4 Å². The number of benzene rings is 2. The average molecular weight is 422 g/mol. The highest BCUT2D eigenvalue weighted by atomic mass is 19.1. The number of carbonyl (C=O) groups excluding carboxylic acids is 2. The van der Waals surface area contributed by atoms with Crippen molar-refractivity contribution >= 4 is 18.0 Å². The van der Waals surface area contributed by atoms with Crippen molar-refractivity contribution in [2.24, 2.45) is 0 Å². The van der Waals surface area contributed by atoms with Crippen LogP contribution in [0.25, 0.3) is 11.8 Å². The highest BCUT2D eigenvalue weighted by Gasteiger charge is 2.34. The summed E-state index contributed by atoms with van der Waals surface area (Å²) in [6.07, 6.45) is 1.33. The molecule has 0 spiro atoms. The Labute approximate surface area is 176 Å². The van der Waals surface area contributed by atoms with Crippen LogP contribution in [0.3, 0.4) is 0 Å². The molecule has 4 rings (SSSR count). The first-order valence-electron chi connectivity index (χ1n) is 9.45.